The summed E-state index contributed by atoms with van der Waals surface area (Å²) in [6.07, 6.45) is 4.12. The van der Waals surface area contributed by atoms with Crippen LogP contribution in [0.15, 0.2) is 54.7 Å². The van der Waals surface area contributed by atoms with Crippen molar-refractivity contribution in [3.05, 3.63) is 60.3 Å². The van der Waals surface area contributed by atoms with Crippen molar-refractivity contribution in [3.63, 3.8) is 0 Å². The third-order valence-corrected chi connectivity index (χ3v) is 5.33. The minimum atomic E-state index is -0.126. The number of para-hydroxylation sites is 1. The molecule has 0 bridgehead atoms. The van der Waals surface area contributed by atoms with E-state index in [1.807, 2.05) is 42.5 Å². The number of ether oxygens (including phenoxy) is 2. The molecule has 1 fully saturated rings. The van der Waals surface area contributed by atoms with Gasteiger partial charge in [0.15, 0.2) is 0 Å². The molecule has 1 N–H and O–H groups in total. The highest BCUT2D eigenvalue weighted by Gasteiger charge is 2.30. The minimum Gasteiger partial charge on any atom is -0.497 e. The maximum Gasteiger partial charge on any atom is 0.255 e. The predicted molar refractivity (Wildman–Crippen MR) is 112 cm³/mol. The Kier molecular flexibility index (Phi) is 5.25. The predicted octanol–water partition coefficient (Wildman–Crippen LogP) is 4.08. The van der Waals surface area contributed by atoms with Gasteiger partial charge in [-0.25, -0.2) is 4.68 Å². The van der Waals surface area contributed by atoms with Crippen molar-refractivity contribution in [1.82, 2.24) is 15.1 Å². The van der Waals surface area contributed by atoms with Gasteiger partial charge < -0.3 is 14.8 Å². The van der Waals surface area contributed by atoms with Gasteiger partial charge in [0.1, 0.15) is 17.2 Å². The van der Waals surface area contributed by atoms with Crippen LogP contribution in [0.4, 0.5) is 0 Å². The van der Waals surface area contributed by atoms with Crippen LogP contribution >= 0.6 is 0 Å². The third-order valence-electron chi connectivity index (χ3n) is 5.33. The zero-order valence-corrected chi connectivity index (χ0v) is 16.9. The minimum absolute atomic E-state index is 0.126. The molecule has 1 unspecified atom stereocenters. The van der Waals surface area contributed by atoms with Gasteiger partial charge >= 0.3 is 0 Å². The van der Waals surface area contributed by atoms with Crippen LogP contribution in [0.3, 0.4) is 0 Å². The van der Waals surface area contributed by atoms with E-state index in [1.165, 1.54) is 12.8 Å². The van der Waals surface area contributed by atoms with Gasteiger partial charge in [-0.3, -0.25) is 4.79 Å². The summed E-state index contributed by atoms with van der Waals surface area (Å²) < 4.78 is 12.6. The Morgan fingerprint density at radius 1 is 1.14 bits per heavy atom. The maximum absolute atomic E-state index is 13.1. The van der Waals surface area contributed by atoms with E-state index in [9.17, 15) is 4.79 Å². The molecule has 0 aliphatic heterocycles. The SMILES string of the molecule is COc1ccc(-c2nn(-c3ccccc3)cc2C(=O)NC(C)C2CC2)c(OC)c1. The number of carbonyl (C=O) groups excluding carboxylic acids is 1. The number of amides is 1. The molecule has 1 saturated carbocycles. The molecule has 29 heavy (non-hydrogen) atoms. The number of aromatic nitrogens is 2. The molecule has 3 aromatic rings. The molecule has 6 heteroatoms. The van der Waals surface area contributed by atoms with Crippen LogP contribution < -0.4 is 14.8 Å². The number of benzene rings is 2. The fourth-order valence-electron chi connectivity index (χ4n) is 3.44. The van der Waals surface area contributed by atoms with Crippen LogP contribution in [0.1, 0.15) is 30.1 Å². The van der Waals surface area contributed by atoms with Crippen LogP contribution in [0.25, 0.3) is 16.9 Å². The number of hydrogen-bond donors (Lipinski definition) is 1. The summed E-state index contributed by atoms with van der Waals surface area (Å²) in [4.78, 5) is 13.1. The van der Waals surface area contributed by atoms with E-state index in [2.05, 4.69) is 12.2 Å². The van der Waals surface area contributed by atoms with E-state index in [0.29, 0.717) is 28.7 Å². The molecule has 1 heterocycles. The van der Waals surface area contributed by atoms with Gasteiger partial charge in [0.05, 0.1) is 25.5 Å². The van der Waals surface area contributed by atoms with Gasteiger partial charge in [-0.05, 0) is 49.9 Å². The zero-order valence-electron chi connectivity index (χ0n) is 16.9. The summed E-state index contributed by atoms with van der Waals surface area (Å²) in [7, 11) is 3.21. The summed E-state index contributed by atoms with van der Waals surface area (Å²) in [5, 5.41) is 7.87. The normalized spacial score (nSPS) is 14.3. The van der Waals surface area contributed by atoms with Crippen molar-refractivity contribution >= 4 is 5.91 Å². The lowest BCUT2D eigenvalue weighted by molar-refractivity contribution is 0.0936. The lowest BCUT2D eigenvalue weighted by Crippen LogP contribution is -2.34. The second-order valence-corrected chi connectivity index (χ2v) is 7.34. The monoisotopic (exact) mass is 391 g/mol. The molecule has 4 rings (SSSR count). The van der Waals surface area contributed by atoms with E-state index in [-0.39, 0.29) is 11.9 Å². The molecule has 1 aromatic heterocycles. The lowest BCUT2D eigenvalue weighted by atomic mass is 10.1. The molecule has 150 valence electrons. The van der Waals surface area contributed by atoms with Crippen LogP contribution in [0.5, 0.6) is 11.5 Å². The first kappa shape index (κ1) is 19.1. The van der Waals surface area contributed by atoms with Gasteiger partial charge in [-0.2, -0.15) is 5.10 Å². The van der Waals surface area contributed by atoms with E-state index in [4.69, 9.17) is 14.6 Å². The van der Waals surface area contributed by atoms with Crippen LogP contribution in [-0.4, -0.2) is 35.9 Å². The van der Waals surface area contributed by atoms with Gasteiger partial charge in [0, 0.05) is 23.9 Å². The molecule has 0 radical (unpaired) electrons. The number of nitrogens with one attached hydrogen (secondary N) is 1. The molecular weight excluding hydrogens is 366 g/mol. The third kappa shape index (κ3) is 3.97. The molecular formula is C23H25N3O3. The topological polar surface area (TPSA) is 65.4 Å². The molecule has 0 spiro atoms. The van der Waals surface area contributed by atoms with Crippen molar-refractivity contribution in [2.24, 2.45) is 5.92 Å². The average molecular weight is 391 g/mol. The first-order chi connectivity index (χ1) is 14.1. The first-order valence-electron chi connectivity index (χ1n) is 9.79. The number of nitrogens with zero attached hydrogens (tertiary/aromatic N) is 2. The summed E-state index contributed by atoms with van der Waals surface area (Å²) in [6.45, 7) is 2.06. The second-order valence-electron chi connectivity index (χ2n) is 7.34. The van der Waals surface area contributed by atoms with Crippen molar-refractivity contribution in [1.29, 1.82) is 0 Å². The smallest absolute Gasteiger partial charge is 0.255 e. The number of carbonyl (C=O) groups is 1. The number of methoxy groups -OCH3 is 2. The van der Waals surface area contributed by atoms with E-state index in [1.54, 1.807) is 31.2 Å². The van der Waals surface area contributed by atoms with Gasteiger partial charge in [0.25, 0.3) is 5.91 Å². The Balaban J connectivity index is 1.78. The van der Waals surface area contributed by atoms with Crippen LogP contribution in [-0.2, 0) is 0 Å². The summed E-state index contributed by atoms with van der Waals surface area (Å²) >= 11 is 0. The fraction of sp³-hybridized carbons (Fsp3) is 0.304. The van der Waals surface area contributed by atoms with Crippen LogP contribution in [0.2, 0.25) is 0 Å². The van der Waals surface area contributed by atoms with Crippen molar-refractivity contribution in [2.75, 3.05) is 14.2 Å². The fourth-order valence-corrected chi connectivity index (χ4v) is 3.44. The Labute approximate surface area is 170 Å². The maximum atomic E-state index is 13.1. The molecule has 1 amide bonds. The molecule has 6 nitrogen and oxygen atoms in total. The average Bonchev–Trinajstić information content (AvgIpc) is 3.52. The highest BCUT2D eigenvalue weighted by atomic mass is 16.5. The van der Waals surface area contributed by atoms with E-state index >= 15 is 0 Å². The first-order valence-corrected chi connectivity index (χ1v) is 9.79. The van der Waals surface area contributed by atoms with Crippen molar-refractivity contribution < 1.29 is 14.3 Å². The van der Waals surface area contributed by atoms with Gasteiger partial charge in [0.2, 0.25) is 0 Å². The van der Waals surface area contributed by atoms with Gasteiger partial charge in [-0.1, -0.05) is 18.2 Å². The Hall–Kier alpha value is -3.28. The molecule has 2 aromatic carbocycles. The summed E-state index contributed by atoms with van der Waals surface area (Å²) in [6, 6.07) is 15.4. The van der Waals surface area contributed by atoms with Crippen molar-refractivity contribution in [3.8, 4) is 28.4 Å². The Bertz CT molecular complexity index is 1010. The molecule has 1 atom stereocenters. The highest BCUT2D eigenvalue weighted by Crippen LogP contribution is 2.36. The van der Waals surface area contributed by atoms with E-state index in [0.717, 1.165) is 11.3 Å². The second kappa shape index (κ2) is 7.99. The number of hydrogen-bond acceptors (Lipinski definition) is 4. The van der Waals surface area contributed by atoms with Crippen molar-refractivity contribution in [2.45, 2.75) is 25.8 Å². The van der Waals surface area contributed by atoms with Gasteiger partial charge in [-0.15, -0.1) is 0 Å². The standard InChI is InChI=1S/C23H25N3O3/c1-15(16-9-10-16)24-23(27)20-14-26(17-7-5-4-6-8-17)25-22(20)19-12-11-18(28-2)13-21(19)29-3/h4-8,11-16H,9-10H2,1-3H3,(H,24,27). The summed E-state index contributed by atoms with van der Waals surface area (Å²) in [5.41, 5.74) is 2.72. The van der Waals surface area contributed by atoms with E-state index < -0.39 is 0 Å². The Morgan fingerprint density at radius 3 is 2.55 bits per heavy atom. The zero-order chi connectivity index (χ0) is 20.4. The largest absolute Gasteiger partial charge is 0.497 e. The quantitative estimate of drug-likeness (QED) is 0.659. The molecule has 1 aliphatic rings. The molecule has 1 aliphatic carbocycles. The summed E-state index contributed by atoms with van der Waals surface area (Å²) in [5.74, 6) is 1.73. The van der Waals surface area contributed by atoms with Crippen LogP contribution in [0, 0.1) is 5.92 Å². The number of rotatable bonds is 7. The molecule has 0 saturated heterocycles. The lowest BCUT2D eigenvalue weighted by Gasteiger charge is -2.13. The Morgan fingerprint density at radius 2 is 1.90 bits per heavy atom. The highest BCUT2D eigenvalue weighted by molar-refractivity contribution is 6.00.